The van der Waals surface area contributed by atoms with E-state index in [4.69, 9.17) is 9.47 Å². The number of para-hydroxylation sites is 1. The topological polar surface area (TPSA) is 73.9 Å². The fourth-order valence-corrected chi connectivity index (χ4v) is 2.55. The summed E-state index contributed by atoms with van der Waals surface area (Å²) in [6.45, 7) is 0.844. The molecule has 6 nitrogen and oxygen atoms in total. The van der Waals surface area contributed by atoms with Gasteiger partial charge in [-0.05, 0) is 60.7 Å². The zero-order valence-electron chi connectivity index (χ0n) is 16.0. The number of anilines is 1. The minimum Gasteiger partial charge on any atom is -0.490 e. The van der Waals surface area contributed by atoms with Crippen molar-refractivity contribution in [2.24, 2.45) is 0 Å². The van der Waals surface area contributed by atoms with Gasteiger partial charge >= 0.3 is 5.97 Å². The summed E-state index contributed by atoms with van der Waals surface area (Å²) < 4.78 is 15.9. The first kappa shape index (κ1) is 19.9. The van der Waals surface area contributed by atoms with E-state index in [0.717, 1.165) is 5.75 Å². The minimum absolute atomic E-state index is 0.272. The monoisotopic (exact) mass is 391 g/mol. The van der Waals surface area contributed by atoms with Gasteiger partial charge in [-0.25, -0.2) is 4.79 Å². The van der Waals surface area contributed by atoms with E-state index in [0.29, 0.717) is 35.8 Å². The van der Waals surface area contributed by atoms with E-state index in [1.807, 2.05) is 30.3 Å². The van der Waals surface area contributed by atoms with Crippen LogP contribution < -0.4 is 14.8 Å². The number of carbonyl (C=O) groups excluding carboxylic acids is 2. The number of hydrogen-bond donors (Lipinski definition) is 1. The highest BCUT2D eigenvalue weighted by Gasteiger charge is 2.09. The van der Waals surface area contributed by atoms with Crippen molar-refractivity contribution < 1.29 is 23.8 Å². The molecule has 0 unspecified atom stereocenters. The fourth-order valence-electron chi connectivity index (χ4n) is 2.55. The molecule has 3 aromatic carbocycles. The van der Waals surface area contributed by atoms with Crippen LogP contribution in [0.25, 0.3) is 0 Å². The number of benzene rings is 3. The first-order valence-corrected chi connectivity index (χ1v) is 9.06. The highest BCUT2D eigenvalue weighted by atomic mass is 16.5. The van der Waals surface area contributed by atoms with Gasteiger partial charge in [-0.1, -0.05) is 18.2 Å². The Morgan fingerprint density at radius 2 is 1.28 bits per heavy atom. The first-order valence-electron chi connectivity index (χ1n) is 9.06. The summed E-state index contributed by atoms with van der Waals surface area (Å²) in [5.41, 5.74) is 1.47. The van der Waals surface area contributed by atoms with Crippen LogP contribution >= 0.6 is 0 Å². The molecule has 148 valence electrons. The number of rotatable bonds is 8. The molecular formula is C23H21NO5. The molecule has 0 atom stereocenters. The molecule has 0 aliphatic rings. The summed E-state index contributed by atoms with van der Waals surface area (Å²) in [5.74, 6) is 0.768. The molecule has 0 spiro atoms. The zero-order valence-corrected chi connectivity index (χ0v) is 16.0. The van der Waals surface area contributed by atoms with Gasteiger partial charge in [-0.3, -0.25) is 4.79 Å². The second kappa shape index (κ2) is 9.94. The summed E-state index contributed by atoms with van der Waals surface area (Å²) in [6, 6.07) is 22.9. The van der Waals surface area contributed by atoms with Gasteiger partial charge in [0.1, 0.15) is 24.7 Å². The minimum atomic E-state index is -0.443. The van der Waals surface area contributed by atoms with Crippen LogP contribution in [-0.2, 0) is 4.74 Å². The van der Waals surface area contributed by atoms with Crippen molar-refractivity contribution in [3.8, 4) is 11.5 Å². The summed E-state index contributed by atoms with van der Waals surface area (Å²) >= 11 is 0. The first-order chi connectivity index (χ1) is 14.2. The molecular weight excluding hydrogens is 370 g/mol. The molecule has 0 aromatic heterocycles. The maximum atomic E-state index is 12.3. The van der Waals surface area contributed by atoms with Gasteiger partial charge < -0.3 is 19.5 Å². The van der Waals surface area contributed by atoms with Gasteiger partial charge in [-0.15, -0.1) is 0 Å². The van der Waals surface area contributed by atoms with Gasteiger partial charge in [0, 0.05) is 11.3 Å². The quantitative estimate of drug-likeness (QED) is 0.461. The Labute approximate surface area is 169 Å². The van der Waals surface area contributed by atoms with Gasteiger partial charge in [-0.2, -0.15) is 0 Å². The lowest BCUT2D eigenvalue weighted by Gasteiger charge is -2.10. The molecule has 3 aromatic rings. The maximum Gasteiger partial charge on any atom is 0.337 e. The van der Waals surface area contributed by atoms with Crippen molar-refractivity contribution in [3.63, 3.8) is 0 Å². The molecule has 29 heavy (non-hydrogen) atoms. The third-order valence-electron chi connectivity index (χ3n) is 4.04. The third-order valence-corrected chi connectivity index (χ3v) is 4.04. The van der Waals surface area contributed by atoms with Gasteiger partial charge in [0.15, 0.2) is 0 Å². The number of ether oxygens (including phenoxy) is 3. The number of hydrogen-bond acceptors (Lipinski definition) is 5. The van der Waals surface area contributed by atoms with Crippen molar-refractivity contribution >= 4 is 17.6 Å². The lowest BCUT2D eigenvalue weighted by atomic mass is 10.1. The highest BCUT2D eigenvalue weighted by molar-refractivity contribution is 6.04. The number of esters is 1. The molecule has 0 radical (unpaired) electrons. The van der Waals surface area contributed by atoms with E-state index in [1.165, 1.54) is 7.11 Å². The van der Waals surface area contributed by atoms with Gasteiger partial charge in [0.05, 0.1) is 12.7 Å². The van der Waals surface area contributed by atoms with Crippen LogP contribution in [0, 0.1) is 0 Å². The van der Waals surface area contributed by atoms with Crippen LogP contribution in [0.1, 0.15) is 20.7 Å². The smallest absolute Gasteiger partial charge is 0.337 e. The number of carbonyl (C=O) groups is 2. The highest BCUT2D eigenvalue weighted by Crippen LogP contribution is 2.17. The Balaban J connectivity index is 1.47. The zero-order chi connectivity index (χ0) is 20.5. The molecule has 0 heterocycles. The van der Waals surface area contributed by atoms with Gasteiger partial charge in [0.2, 0.25) is 0 Å². The molecule has 3 rings (SSSR count). The van der Waals surface area contributed by atoms with Crippen molar-refractivity contribution in [3.05, 3.63) is 90.0 Å². The van der Waals surface area contributed by atoms with E-state index in [2.05, 4.69) is 10.1 Å². The van der Waals surface area contributed by atoms with E-state index < -0.39 is 5.97 Å². The predicted molar refractivity (Wildman–Crippen MR) is 110 cm³/mol. The van der Waals surface area contributed by atoms with Crippen LogP contribution in [0.15, 0.2) is 78.9 Å². The van der Waals surface area contributed by atoms with E-state index in [1.54, 1.807) is 48.5 Å². The van der Waals surface area contributed by atoms with Crippen molar-refractivity contribution in [1.82, 2.24) is 0 Å². The van der Waals surface area contributed by atoms with Crippen LogP contribution in [0.3, 0.4) is 0 Å². The van der Waals surface area contributed by atoms with E-state index in [-0.39, 0.29) is 5.91 Å². The third kappa shape index (κ3) is 5.84. The average molecular weight is 391 g/mol. The molecule has 0 aliphatic heterocycles. The number of methoxy groups -OCH3 is 1. The van der Waals surface area contributed by atoms with Crippen LogP contribution in [0.5, 0.6) is 11.5 Å². The predicted octanol–water partition coefficient (Wildman–Crippen LogP) is 4.18. The number of nitrogens with one attached hydrogen (secondary N) is 1. The lowest BCUT2D eigenvalue weighted by molar-refractivity contribution is 0.0600. The molecule has 6 heteroatoms. The molecule has 0 saturated heterocycles. The fraction of sp³-hybridized carbons (Fsp3) is 0.130. The van der Waals surface area contributed by atoms with Crippen LogP contribution in [0.2, 0.25) is 0 Å². The Kier molecular flexibility index (Phi) is 6.84. The summed E-state index contributed by atoms with van der Waals surface area (Å²) in [6.07, 6.45) is 0. The molecule has 1 N–H and O–H groups in total. The van der Waals surface area contributed by atoms with Crippen LogP contribution in [0.4, 0.5) is 5.69 Å². The Hall–Kier alpha value is -3.80. The van der Waals surface area contributed by atoms with Gasteiger partial charge in [0.25, 0.3) is 5.91 Å². The van der Waals surface area contributed by atoms with E-state index in [9.17, 15) is 9.59 Å². The standard InChI is InChI=1S/C23H21NO5/c1-27-23(26)18-9-7-17(8-10-18)22(25)24-19-11-13-21(14-12-19)29-16-15-28-20-5-3-2-4-6-20/h2-14H,15-16H2,1H3,(H,24,25). The Bertz CT molecular complexity index is 937. The Morgan fingerprint density at radius 3 is 1.86 bits per heavy atom. The molecule has 0 bridgehead atoms. The summed E-state index contributed by atoms with van der Waals surface area (Å²) in [4.78, 5) is 23.8. The number of amides is 1. The largest absolute Gasteiger partial charge is 0.490 e. The summed E-state index contributed by atoms with van der Waals surface area (Å²) in [5, 5.41) is 2.80. The van der Waals surface area contributed by atoms with Crippen molar-refractivity contribution in [2.75, 3.05) is 25.6 Å². The molecule has 0 fully saturated rings. The maximum absolute atomic E-state index is 12.3. The van der Waals surface area contributed by atoms with Crippen molar-refractivity contribution in [1.29, 1.82) is 0 Å². The SMILES string of the molecule is COC(=O)c1ccc(C(=O)Nc2ccc(OCCOc3ccccc3)cc2)cc1. The molecule has 1 amide bonds. The second-order valence-electron chi connectivity index (χ2n) is 6.06. The van der Waals surface area contributed by atoms with Crippen LogP contribution in [-0.4, -0.2) is 32.2 Å². The lowest BCUT2D eigenvalue weighted by Crippen LogP contribution is -2.12. The molecule has 0 aliphatic carbocycles. The Morgan fingerprint density at radius 1 is 0.724 bits per heavy atom. The van der Waals surface area contributed by atoms with E-state index >= 15 is 0 Å². The summed E-state index contributed by atoms with van der Waals surface area (Å²) in [7, 11) is 1.31. The van der Waals surface area contributed by atoms with Crippen molar-refractivity contribution in [2.45, 2.75) is 0 Å². The molecule has 0 saturated carbocycles. The average Bonchev–Trinajstić information content (AvgIpc) is 2.78. The second-order valence-corrected chi connectivity index (χ2v) is 6.06. The normalized spacial score (nSPS) is 10.1.